The second-order valence-corrected chi connectivity index (χ2v) is 18.6. The Balaban J connectivity index is 1.72. The van der Waals surface area contributed by atoms with Crippen molar-refractivity contribution in [3.63, 3.8) is 0 Å². The van der Waals surface area contributed by atoms with E-state index in [1.807, 2.05) is 0 Å². The van der Waals surface area contributed by atoms with Crippen molar-refractivity contribution in [2.24, 2.45) is 0 Å². The second-order valence-electron chi connectivity index (χ2n) is 12.4. The van der Waals surface area contributed by atoms with Gasteiger partial charge in [0.1, 0.15) is 25.1 Å². The molecule has 4 aliphatic rings. The zero-order valence-corrected chi connectivity index (χ0v) is 24.2. The molecular formula is C30H48O4P2. The third-order valence-electron chi connectivity index (χ3n) is 10.5. The first kappa shape index (κ1) is 28.5. The largest absolute Gasteiger partial charge is 0.302 e. The number of rotatable bonds is 11. The van der Waals surface area contributed by atoms with Crippen LogP contribution in [0.15, 0.2) is 0 Å². The molecular weight excluding hydrogens is 486 g/mol. The molecule has 0 aromatic carbocycles. The van der Waals surface area contributed by atoms with Crippen LogP contribution in [0.2, 0.25) is 0 Å². The predicted molar refractivity (Wildman–Crippen MR) is 151 cm³/mol. The summed E-state index contributed by atoms with van der Waals surface area (Å²) in [6, 6.07) is 0. The lowest BCUT2D eigenvalue weighted by Gasteiger charge is -2.53. The van der Waals surface area contributed by atoms with Crippen molar-refractivity contribution < 1.29 is 19.2 Å². The van der Waals surface area contributed by atoms with Crippen LogP contribution in [0.3, 0.4) is 0 Å². The van der Waals surface area contributed by atoms with Crippen LogP contribution < -0.4 is 0 Å². The van der Waals surface area contributed by atoms with Crippen LogP contribution >= 0.6 is 15.8 Å². The van der Waals surface area contributed by atoms with Crippen molar-refractivity contribution in [2.45, 2.75) is 149 Å². The first-order valence-electron chi connectivity index (χ1n) is 15.0. The van der Waals surface area contributed by atoms with Gasteiger partial charge in [-0.25, -0.2) is 0 Å². The lowest BCUT2D eigenvalue weighted by molar-refractivity contribution is -0.112. The highest BCUT2D eigenvalue weighted by Crippen LogP contribution is 2.71. The van der Waals surface area contributed by atoms with E-state index in [1.165, 1.54) is 50.8 Å². The van der Waals surface area contributed by atoms with Crippen LogP contribution in [-0.4, -0.2) is 58.1 Å². The molecule has 0 amide bonds. The minimum Gasteiger partial charge on any atom is -0.302 e. The summed E-state index contributed by atoms with van der Waals surface area (Å²) in [5, 5.41) is -1.41. The van der Waals surface area contributed by atoms with E-state index < -0.39 is 15.8 Å². The van der Waals surface area contributed by atoms with Crippen LogP contribution in [0, 0.1) is 0 Å². The van der Waals surface area contributed by atoms with E-state index in [0.29, 0.717) is 0 Å². The Morgan fingerprint density at radius 3 is 0.722 bits per heavy atom. The number of hydrogen-bond acceptors (Lipinski definition) is 4. The Hall–Kier alpha value is -0.460. The highest BCUT2D eigenvalue weighted by atomic mass is 31.1. The van der Waals surface area contributed by atoms with E-state index in [-0.39, 0.29) is 20.6 Å². The number of aldehydes is 4. The van der Waals surface area contributed by atoms with Crippen LogP contribution in [0.5, 0.6) is 0 Å². The topological polar surface area (TPSA) is 68.3 Å². The van der Waals surface area contributed by atoms with Crippen molar-refractivity contribution in [2.75, 3.05) is 12.3 Å². The summed E-state index contributed by atoms with van der Waals surface area (Å²) < 4.78 is 0. The van der Waals surface area contributed by atoms with Gasteiger partial charge in [-0.3, -0.25) is 0 Å². The minimum absolute atomic E-state index is 0.353. The Morgan fingerprint density at radius 1 is 0.361 bits per heavy atom. The van der Waals surface area contributed by atoms with Crippen LogP contribution in [0.1, 0.15) is 128 Å². The molecule has 36 heavy (non-hydrogen) atoms. The van der Waals surface area contributed by atoms with Crippen molar-refractivity contribution in [3.05, 3.63) is 0 Å². The molecule has 0 aromatic heterocycles. The highest BCUT2D eigenvalue weighted by Gasteiger charge is 2.54. The summed E-state index contributed by atoms with van der Waals surface area (Å²) in [4.78, 5) is 51.6. The average molecular weight is 535 g/mol. The molecule has 4 aliphatic carbocycles. The van der Waals surface area contributed by atoms with E-state index in [2.05, 4.69) is 0 Å². The number of carbonyl (C=O) groups excluding carboxylic acids is 4. The van der Waals surface area contributed by atoms with Gasteiger partial charge in [-0.15, -0.1) is 0 Å². The molecule has 4 rings (SSSR count). The quantitative estimate of drug-likeness (QED) is 0.203. The van der Waals surface area contributed by atoms with Gasteiger partial charge in [0.05, 0.1) is 0 Å². The maximum atomic E-state index is 12.9. The van der Waals surface area contributed by atoms with Gasteiger partial charge in [0, 0.05) is 20.6 Å². The molecule has 0 radical (unpaired) electrons. The molecule has 4 nitrogen and oxygen atoms in total. The molecule has 0 saturated heterocycles. The van der Waals surface area contributed by atoms with Crippen molar-refractivity contribution in [1.29, 1.82) is 0 Å². The summed E-state index contributed by atoms with van der Waals surface area (Å²) in [5.41, 5.74) is 0. The Kier molecular flexibility index (Phi) is 9.99. The maximum absolute atomic E-state index is 12.9. The van der Waals surface area contributed by atoms with Gasteiger partial charge < -0.3 is 19.2 Å². The zero-order valence-electron chi connectivity index (χ0n) is 22.4. The molecule has 4 saturated carbocycles. The molecule has 0 N–H and O–H groups in total. The molecule has 0 aliphatic heterocycles. The fourth-order valence-electron chi connectivity index (χ4n) is 8.44. The fourth-order valence-corrected chi connectivity index (χ4v) is 17.5. The minimum atomic E-state index is -0.847. The summed E-state index contributed by atoms with van der Waals surface area (Å²) in [6.45, 7) is 0. The predicted octanol–water partition coefficient (Wildman–Crippen LogP) is 7.56. The lowest BCUT2D eigenvalue weighted by atomic mass is 9.88. The van der Waals surface area contributed by atoms with Crippen molar-refractivity contribution >= 4 is 41.0 Å². The van der Waals surface area contributed by atoms with Gasteiger partial charge in [0.25, 0.3) is 0 Å². The lowest BCUT2D eigenvalue weighted by Crippen LogP contribution is -2.47. The van der Waals surface area contributed by atoms with E-state index >= 15 is 0 Å². The SMILES string of the molecule is O=CC1(P(CCP(C2(C=O)CCCCC2)C2(C=O)CCCCC2)C2(C=O)CCCCC2)CCCCC1. The smallest absolute Gasteiger partial charge is 0.130 e. The third kappa shape index (κ3) is 5.47. The summed E-state index contributed by atoms with van der Waals surface area (Å²) in [6.07, 6.45) is 27.6. The molecule has 0 bridgehead atoms. The third-order valence-corrected chi connectivity index (χ3v) is 18.7. The van der Waals surface area contributed by atoms with Gasteiger partial charge >= 0.3 is 0 Å². The van der Waals surface area contributed by atoms with E-state index in [1.54, 1.807) is 0 Å². The van der Waals surface area contributed by atoms with Crippen LogP contribution in [0.25, 0.3) is 0 Å². The van der Waals surface area contributed by atoms with Crippen LogP contribution in [-0.2, 0) is 19.2 Å². The normalized spacial score (nSPS) is 27.3. The summed E-state index contributed by atoms with van der Waals surface area (Å²) in [5.74, 6) is 0. The molecule has 202 valence electrons. The molecule has 0 aromatic rings. The number of carbonyl (C=O) groups is 4. The maximum Gasteiger partial charge on any atom is 0.130 e. The highest BCUT2D eigenvalue weighted by molar-refractivity contribution is 7.66. The van der Waals surface area contributed by atoms with Crippen molar-refractivity contribution in [3.8, 4) is 0 Å². The standard InChI is InChI=1S/C30H48O4P2/c31-23-27(13-5-1-6-14-27)35(28(24-32)15-7-2-8-16-28)21-22-36(29(25-33)17-9-3-10-18-29)30(26-34)19-11-4-12-20-30/h23-26H,1-22H2. The van der Waals surface area contributed by atoms with Gasteiger partial charge in [-0.2, -0.15) is 0 Å². The summed E-state index contributed by atoms with van der Waals surface area (Å²) in [7, 11) is -1.69. The molecule has 0 atom stereocenters. The first-order chi connectivity index (χ1) is 17.5. The first-order valence-corrected chi connectivity index (χ1v) is 18.0. The van der Waals surface area contributed by atoms with E-state index in [0.717, 1.165) is 115 Å². The van der Waals surface area contributed by atoms with Gasteiger partial charge in [-0.05, 0) is 63.7 Å². The molecule has 4 fully saturated rings. The Bertz CT molecular complexity index is 633. The zero-order chi connectivity index (χ0) is 25.5. The van der Waals surface area contributed by atoms with Gasteiger partial charge in [0.15, 0.2) is 0 Å². The molecule has 0 unspecified atom stereocenters. The monoisotopic (exact) mass is 534 g/mol. The van der Waals surface area contributed by atoms with Crippen LogP contribution in [0.4, 0.5) is 0 Å². The molecule has 6 heteroatoms. The van der Waals surface area contributed by atoms with Crippen molar-refractivity contribution in [1.82, 2.24) is 0 Å². The number of hydrogen-bond donors (Lipinski definition) is 0. The average Bonchev–Trinajstić information content (AvgIpc) is 2.96. The summed E-state index contributed by atoms with van der Waals surface area (Å²) >= 11 is 0. The molecule has 0 heterocycles. The van der Waals surface area contributed by atoms with Gasteiger partial charge in [0.2, 0.25) is 0 Å². The molecule has 0 spiro atoms. The van der Waals surface area contributed by atoms with Gasteiger partial charge in [-0.1, -0.05) is 92.9 Å². The second kappa shape index (κ2) is 12.6. The van der Waals surface area contributed by atoms with E-state index in [9.17, 15) is 19.2 Å². The fraction of sp³-hybridized carbons (Fsp3) is 0.867. The Morgan fingerprint density at radius 2 is 0.556 bits per heavy atom. The Labute approximate surface area is 221 Å². The van der Waals surface area contributed by atoms with E-state index in [4.69, 9.17) is 0 Å².